The highest BCUT2D eigenvalue weighted by Gasteiger charge is 2.28. The SMILES string of the molecule is Cc1cccc(Oc2ccc(NC(=O)C3CCN(C(=O)C(C)C)CC3)cc2)c1. The van der Waals surface area contributed by atoms with Crippen LogP contribution >= 0.6 is 0 Å². The van der Waals surface area contributed by atoms with E-state index in [1.807, 2.05) is 74.2 Å². The highest BCUT2D eigenvalue weighted by atomic mass is 16.5. The summed E-state index contributed by atoms with van der Waals surface area (Å²) in [6, 6.07) is 15.3. The number of nitrogens with one attached hydrogen (secondary N) is 1. The number of carbonyl (C=O) groups excluding carboxylic acids is 2. The van der Waals surface area contributed by atoms with Gasteiger partial charge in [0, 0.05) is 30.6 Å². The Morgan fingerprint density at radius 2 is 1.71 bits per heavy atom. The molecule has 0 aromatic heterocycles. The van der Waals surface area contributed by atoms with E-state index in [0.717, 1.165) is 22.7 Å². The van der Waals surface area contributed by atoms with Crippen molar-refractivity contribution in [3.8, 4) is 11.5 Å². The smallest absolute Gasteiger partial charge is 0.227 e. The summed E-state index contributed by atoms with van der Waals surface area (Å²) in [5, 5.41) is 2.98. The van der Waals surface area contributed by atoms with Crippen LogP contribution in [0.4, 0.5) is 5.69 Å². The van der Waals surface area contributed by atoms with Crippen molar-refractivity contribution in [1.29, 1.82) is 0 Å². The number of carbonyl (C=O) groups is 2. The first-order chi connectivity index (χ1) is 13.4. The summed E-state index contributed by atoms with van der Waals surface area (Å²) in [4.78, 5) is 26.5. The fourth-order valence-corrected chi connectivity index (χ4v) is 3.39. The van der Waals surface area contributed by atoms with Crippen molar-refractivity contribution >= 4 is 17.5 Å². The fourth-order valence-electron chi connectivity index (χ4n) is 3.39. The Morgan fingerprint density at radius 3 is 2.32 bits per heavy atom. The van der Waals surface area contributed by atoms with Gasteiger partial charge in [-0.3, -0.25) is 9.59 Å². The molecule has 1 aliphatic heterocycles. The minimum atomic E-state index is -0.0561. The zero-order valence-electron chi connectivity index (χ0n) is 16.8. The molecular weight excluding hydrogens is 352 g/mol. The van der Waals surface area contributed by atoms with E-state index < -0.39 is 0 Å². The van der Waals surface area contributed by atoms with Gasteiger partial charge >= 0.3 is 0 Å². The van der Waals surface area contributed by atoms with Crippen LogP contribution in [0.3, 0.4) is 0 Å². The average molecular weight is 380 g/mol. The predicted octanol–water partition coefficient (Wildman–Crippen LogP) is 4.62. The van der Waals surface area contributed by atoms with Gasteiger partial charge in [-0.2, -0.15) is 0 Å². The monoisotopic (exact) mass is 380 g/mol. The van der Waals surface area contributed by atoms with E-state index >= 15 is 0 Å². The summed E-state index contributed by atoms with van der Waals surface area (Å²) >= 11 is 0. The van der Waals surface area contributed by atoms with Crippen LogP contribution in [0.25, 0.3) is 0 Å². The molecular formula is C23H28N2O3. The molecule has 0 radical (unpaired) electrons. The Hall–Kier alpha value is -2.82. The molecule has 2 aromatic carbocycles. The van der Waals surface area contributed by atoms with E-state index in [0.29, 0.717) is 25.9 Å². The number of rotatable bonds is 5. The number of hydrogen-bond donors (Lipinski definition) is 1. The number of benzene rings is 2. The lowest BCUT2D eigenvalue weighted by Gasteiger charge is -2.32. The molecule has 0 aliphatic carbocycles. The Morgan fingerprint density at radius 1 is 1.04 bits per heavy atom. The summed E-state index contributed by atoms with van der Waals surface area (Å²) < 4.78 is 5.84. The Kier molecular flexibility index (Phi) is 6.34. The van der Waals surface area contributed by atoms with Crippen LogP contribution in [0.2, 0.25) is 0 Å². The molecule has 5 heteroatoms. The van der Waals surface area contributed by atoms with Crippen molar-refractivity contribution in [3.05, 3.63) is 54.1 Å². The third-order valence-corrected chi connectivity index (χ3v) is 5.02. The normalized spacial score (nSPS) is 14.8. The number of ether oxygens (including phenoxy) is 1. The molecule has 0 saturated carbocycles. The maximum absolute atomic E-state index is 12.5. The quantitative estimate of drug-likeness (QED) is 0.823. The number of amides is 2. The van der Waals surface area contributed by atoms with Crippen LogP contribution in [0, 0.1) is 18.8 Å². The van der Waals surface area contributed by atoms with Gasteiger partial charge in [0.05, 0.1) is 0 Å². The Labute approximate surface area is 166 Å². The summed E-state index contributed by atoms with van der Waals surface area (Å²) in [5.74, 6) is 1.65. The van der Waals surface area contributed by atoms with Crippen LogP contribution < -0.4 is 10.1 Å². The van der Waals surface area contributed by atoms with Gasteiger partial charge in [0.25, 0.3) is 0 Å². The summed E-state index contributed by atoms with van der Waals surface area (Å²) in [6.45, 7) is 7.15. The van der Waals surface area contributed by atoms with E-state index in [1.54, 1.807) is 0 Å². The Bertz CT molecular complexity index is 822. The topological polar surface area (TPSA) is 58.6 Å². The van der Waals surface area contributed by atoms with Crippen LogP contribution in [-0.2, 0) is 9.59 Å². The third kappa shape index (κ3) is 5.12. The lowest BCUT2D eigenvalue weighted by molar-refractivity contribution is -0.137. The molecule has 1 heterocycles. The summed E-state index contributed by atoms with van der Waals surface area (Å²) in [7, 11) is 0. The molecule has 1 fully saturated rings. The number of likely N-dealkylation sites (tertiary alicyclic amines) is 1. The van der Waals surface area contributed by atoms with E-state index in [9.17, 15) is 9.59 Å². The zero-order chi connectivity index (χ0) is 20.1. The van der Waals surface area contributed by atoms with Gasteiger partial charge in [0.15, 0.2) is 0 Å². The number of nitrogens with zero attached hydrogens (tertiary/aromatic N) is 1. The molecule has 0 spiro atoms. The third-order valence-electron chi connectivity index (χ3n) is 5.02. The zero-order valence-corrected chi connectivity index (χ0v) is 16.8. The van der Waals surface area contributed by atoms with Crippen molar-refractivity contribution in [2.45, 2.75) is 33.6 Å². The first-order valence-corrected chi connectivity index (χ1v) is 9.86. The van der Waals surface area contributed by atoms with Gasteiger partial charge in [0.2, 0.25) is 11.8 Å². The molecule has 2 aromatic rings. The van der Waals surface area contributed by atoms with Crippen molar-refractivity contribution in [3.63, 3.8) is 0 Å². The Balaban J connectivity index is 1.51. The minimum Gasteiger partial charge on any atom is -0.457 e. The minimum absolute atomic E-state index is 0.00547. The predicted molar refractivity (Wildman–Crippen MR) is 110 cm³/mol. The summed E-state index contributed by atoms with van der Waals surface area (Å²) in [5.41, 5.74) is 1.89. The van der Waals surface area contributed by atoms with E-state index in [1.165, 1.54) is 0 Å². The first kappa shape index (κ1) is 19.9. The second kappa shape index (κ2) is 8.91. The first-order valence-electron chi connectivity index (χ1n) is 9.86. The van der Waals surface area contributed by atoms with Gasteiger partial charge in [-0.15, -0.1) is 0 Å². The second-order valence-corrected chi connectivity index (χ2v) is 7.69. The molecule has 1 N–H and O–H groups in total. The van der Waals surface area contributed by atoms with E-state index in [4.69, 9.17) is 4.74 Å². The maximum atomic E-state index is 12.5. The van der Waals surface area contributed by atoms with Crippen LogP contribution in [-0.4, -0.2) is 29.8 Å². The molecule has 0 atom stereocenters. The average Bonchev–Trinajstić information content (AvgIpc) is 2.69. The van der Waals surface area contributed by atoms with E-state index in [2.05, 4.69) is 5.32 Å². The van der Waals surface area contributed by atoms with Crippen molar-refractivity contribution < 1.29 is 14.3 Å². The van der Waals surface area contributed by atoms with Gasteiger partial charge < -0.3 is 15.0 Å². The van der Waals surface area contributed by atoms with Gasteiger partial charge in [-0.25, -0.2) is 0 Å². The van der Waals surface area contributed by atoms with Gasteiger partial charge in [-0.1, -0.05) is 26.0 Å². The number of hydrogen-bond acceptors (Lipinski definition) is 3. The highest BCUT2D eigenvalue weighted by Crippen LogP contribution is 2.25. The molecule has 5 nitrogen and oxygen atoms in total. The second-order valence-electron chi connectivity index (χ2n) is 7.69. The number of piperidine rings is 1. The van der Waals surface area contributed by atoms with Crippen LogP contribution in [0.5, 0.6) is 11.5 Å². The lowest BCUT2D eigenvalue weighted by atomic mass is 9.95. The molecule has 0 unspecified atom stereocenters. The van der Waals surface area contributed by atoms with Crippen molar-refractivity contribution in [2.75, 3.05) is 18.4 Å². The molecule has 2 amide bonds. The summed E-state index contributed by atoms with van der Waals surface area (Å²) in [6.07, 6.45) is 1.41. The van der Waals surface area contributed by atoms with Gasteiger partial charge in [0.1, 0.15) is 11.5 Å². The molecule has 148 valence electrons. The van der Waals surface area contributed by atoms with Crippen LogP contribution in [0.15, 0.2) is 48.5 Å². The van der Waals surface area contributed by atoms with Crippen molar-refractivity contribution in [2.24, 2.45) is 11.8 Å². The number of anilines is 1. The molecule has 28 heavy (non-hydrogen) atoms. The standard InChI is InChI=1S/C23H28N2O3/c1-16(2)23(27)25-13-11-18(12-14-25)22(26)24-19-7-9-20(10-8-19)28-21-6-4-5-17(3)15-21/h4-10,15-16,18H,11-14H2,1-3H3,(H,24,26). The fraction of sp³-hybridized carbons (Fsp3) is 0.391. The van der Waals surface area contributed by atoms with Crippen molar-refractivity contribution in [1.82, 2.24) is 4.90 Å². The lowest BCUT2D eigenvalue weighted by Crippen LogP contribution is -2.43. The molecule has 1 saturated heterocycles. The molecule has 1 aliphatic rings. The van der Waals surface area contributed by atoms with E-state index in [-0.39, 0.29) is 23.7 Å². The maximum Gasteiger partial charge on any atom is 0.227 e. The highest BCUT2D eigenvalue weighted by molar-refractivity contribution is 5.92. The van der Waals surface area contributed by atoms with Gasteiger partial charge in [-0.05, 0) is 61.7 Å². The molecule has 3 rings (SSSR count). The number of aryl methyl sites for hydroxylation is 1. The van der Waals surface area contributed by atoms with Crippen LogP contribution in [0.1, 0.15) is 32.3 Å². The largest absolute Gasteiger partial charge is 0.457 e. The molecule has 0 bridgehead atoms.